The second-order valence-corrected chi connectivity index (χ2v) is 8.90. The first-order valence-corrected chi connectivity index (χ1v) is 11.7. The molecule has 1 aliphatic heterocycles. The van der Waals surface area contributed by atoms with Gasteiger partial charge in [0.2, 0.25) is 5.91 Å². The Balaban J connectivity index is 1.77. The minimum absolute atomic E-state index is 0.00445. The van der Waals surface area contributed by atoms with E-state index in [-0.39, 0.29) is 18.4 Å². The third-order valence-corrected chi connectivity index (χ3v) is 6.50. The van der Waals surface area contributed by atoms with Crippen molar-refractivity contribution >= 4 is 51.3 Å². The van der Waals surface area contributed by atoms with Crippen molar-refractivity contribution < 1.29 is 9.59 Å². The van der Waals surface area contributed by atoms with Crippen LogP contribution < -0.4 is 10.2 Å². The van der Waals surface area contributed by atoms with E-state index in [4.69, 9.17) is 0 Å². The van der Waals surface area contributed by atoms with Crippen LogP contribution in [-0.4, -0.2) is 49.4 Å². The van der Waals surface area contributed by atoms with Gasteiger partial charge >= 0.3 is 0 Å². The number of anilines is 1. The molecule has 3 rings (SSSR count). The van der Waals surface area contributed by atoms with E-state index in [9.17, 15) is 9.59 Å². The molecule has 2 amide bonds. The maximum absolute atomic E-state index is 13.2. The van der Waals surface area contributed by atoms with Crippen LogP contribution in [0, 0.1) is 0 Å². The Morgan fingerprint density at radius 3 is 2.67 bits per heavy atom. The van der Waals surface area contributed by atoms with Gasteiger partial charge in [-0.1, -0.05) is 65.8 Å². The lowest BCUT2D eigenvalue weighted by Crippen LogP contribution is -2.44. The van der Waals surface area contributed by atoms with Crippen LogP contribution in [0.4, 0.5) is 5.69 Å². The summed E-state index contributed by atoms with van der Waals surface area (Å²) in [6, 6.07) is 15.5. The van der Waals surface area contributed by atoms with E-state index in [0.29, 0.717) is 11.4 Å². The molecule has 1 aliphatic rings. The van der Waals surface area contributed by atoms with Gasteiger partial charge in [0.15, 0.2) is 0 Å². The topological polar surface area (TPSA) is 52.7 Å². The third kappa shape index (κ3) is 5.74. The first kappa shape index (κ1) is 22.6. The summed E-state index contributed by atoms with van der Waals surface area (Å²) in [5.41, 5.74) is 1.71. The Hall–Kier alpha value is -2.09. The van der Waals surface area contributed by atoms with Gasteiger partial charge in [-0.3, -0.25) is 14.5 Å². The molecule has 0 radical (unpaired) electrons. The summed E-state index contributed by atoms with van der Waals surface area (Å²) >= 11 is 4.91. The fourth-order valence-corrected chi connectivity index (χ4v) is 4.74. The number of thioether (sulfide) groups is 1. The number of carbonyl (C=O) groups excluding carboxylic acids is 2. The number of benzene rings is 2. The van der Waals surface area contributed by atoms with Gasteiger partial charge in [-0.25, -0.2) is 0 Å². The zero-order valence-corrected chi connectivity index (χ0v) is 19.6. The summed E-state index contributed by atoms with van der Waals surface area (Å²) in [4.78, 5) is 31.2. The largest absolute Gasteiger partial charge is 0.353 e. The smallest absolute Gasteiger partial charge is 0.265 e. The highest BCUT2D eigenvalue weighted by Gasteiger charge is 2.30. The van der Waals surface area contributed by atoms with Crippen molar-refractivity contribution in [2.75, 3.05) is 37.6 Å². The number of likely N-dealkylation sites (N-methyl/N-ethyl adjacent to an activating group) is 1. The van der Waals surface area contributed by atoms with E-state index in [1.165, 1.54) is 11.8 Å². The van der Waals surface area contributed by atoms with E-state index in [1.54, 1.807) is 4.90 Å². The van der Waals surface area contributed by atoms with Crippen molar-refractivity contribution in [3.8, 4) is 0 Å². The van der Waals surface area contributed by atoms with Crippen molar-refractivity contribution in [1.29, 1.82) is 0 Å². The summed E-state index contributed by atoms with van der Waals surface area (Å²) in [5.74, 6) is -0.309. The number of carbonyl (C=O) groups is 2. The van der Waals surface area contributed by atoms with Gasteiger partial charge in [0.1, 0.15) is 6.54 Å². The molecule has 0 spiro atoms. The zero-order valence-electron chi connectivity index (χ0n) is 17.2. The van der Waals surface area contributed by atoms with Gasteiger partial charge in [0, 0.05) is 22.5 Å². The number of para-hydroxylation sites is 1. The SMILES string of the molecule is CCN(CC)CCNC(=O)CN1C(=O)C(=Cc2cccc(Br)c2)Sc2ccccc21. The summed E-state index contributed by atoms with van der Waals surface area (Å²) in [5, 5.41) is 2.95. The van der Waals surface area contributed by atoms with Crippen LogP contribution in [0.15, 0.2) is 62.8 Å². The molecule has 1 heterocycles. The molecular formula is C23H26BrN3O2S. The van der Waals surface area contributed by atoms with Crippen LogP contribution in [0.5, 0.6) is 0 Å². The normalized spacial score (nSPS) is 14.9. The molecule has 0 fully saturated rings. The molecular weight excluding hydrogens is 462 g/mol. The number of nitrogens with one attached hydrogen (secondary N) is 1. The van der Waals surface area contributed by atoms with Crippen molar-refractivity contribution in [2.24, 2.45) is 0 Å². The molecule has 5 nitrogen and oxygen atoms in total. The predicted octanol–water partition coefficient (Wildman–Crippen LogP) is 4.39. The number of halogens is 1. The molecule has 0 bridgehead atoms. The van der Waals surface area contributed by atoms with Crippen molar-refractivity contribution in [3.63, 3.8) is 0 Å². The summed E-state index contributed by atoms with van der Waals surface area (Å²) < 4.78 is 0.954. The van der Waals surface area contributed by atoms with Crippen LogP contribution in [0.1, 0.15) is 19.4 Å². The minimum atomic E-state index is -0.155. The predicted molar refractivity (Wildman–Crippen MR) is 128 cm³/mol. The van der Waals surface area contributed by atoms with E-state index in [1.807, 2.05) is 54.6 Å². The standard InChI is InChI=1S/C23H26BrN3O2S/c1-3-26(4-2)13-12-25-22(28)16-27-19-10-5-6-11-20(19)30-21(23(27)29)15-17-8-7-9-18(24)14-17/h5-11,14-15H,3-4,12-13,16H2,1-2H3,(H,25,28). The fraction of sp³-hybridized carbons (Fsp3) is 0.304. The van der Waals surface area contributed by atoms with E-state index in [2.05, 4.69) is 40.0 Å². The molecule has 158 valence electrons. The average Bonchev–Trinajstić information content (AvgIpc) is 2.74. The van der Waals surface area contributed by atoms with Crippen molar-refractivity contribution in [3.05, 3.63) is 63.5 Å². The van der Waals surface area contributed by atoms with Gasteiger partial charge in [0.05, 0.1) is 10.6 Å². The van der Waals surface area contributed by atoms with Gasteiger partial charge in [0.25, 0.3) is 5.91 Å². The van der Waals surface area contributed by atoms with Gasteiger partial charge in [-0.15, -0.1) is 0 Å². The minimum Gasteiger partial charge on any atom is -0.353 e. The Labute approximate surface area is 190 Å². The summed E-state index contributed by atoms with van der Waals surface area (Å²) in [7, 11) is 0. The zero-order chi connectivity index (χ0) is 21.5. The Bertz CT molecular complexity index is 944. The highest BCUT2D eigenvalue weighted by Crippen LogP contribution is 2.41. The van der Waals surface area contributed by atoms with Gasteiger partial charge < -0.3 is 10.2 Å². The van der Waals surface area contributed by atoms with Crippen molar-refractivity contribution in [2.45, 2.75) is 18.7 Å². The number of fused-ring (bicyclic) bond motifs is 1. The molecule has 0 saturated heterocycles. The van der Waals surface area contributed by atoms with Gasteiger partial charge in [-0.2, -0.15) is 0 Å². The second-order valence-electron chi connectivity index (χ2n) is 6.90. The lowest BCUT2D eigenvalue weighted by atomic mass is 10.2. The number of amides is 2. The Morgan fingerprint density at radius 2 is 1.93 bits per heavy atom. The first-order chi connectivity index (χ1) is 14.5. The number of nitrogens with zero attached hydrogens (tertiary/aromatic N) is 2. The van der Waals surface area contributed by atoms with Crippen molar-refractivity contribution in [1.82, 2.24) is 10.2 Å². The average molecular weight is 488 g/mol. The Morgan fingerprint density at radius 1 is 1.17 bits per heavy atom. The monoisotopic (exact) mass is 487 g/mol. The number of rotatable bonds is 8. The molecule has 30 heavy (non-hydrogen) atoms. The lowest BCUT2D eigenvalue weighted by Gasteiger charge is -2.30. The summed E-state index contributed by atoms with van der Waals surface area (Å²) in [6.07, 6.45) is 1.87. The molecule has 0 aromatic heterocycles. The molecule has 0 aliphatic carbocycles. The van der Waals surface area contributed by atoms with E-state index < -0.39 is 0 Å². The van der Waals surface area contributed by atoms with Crippen LogP contribution in [-0.2, 0) is 9.59 Å². The maximum Gasteiger partial charge on any atom is 0.265 e. The molecule has 0 unspecified atom stereocenters. The molecule has 0 atom stereocenters. The van der Waals surface area contributed by atoms with Gasteiger partial charge in [-0.05, 0) is 49.0 Å². The third-order valence-electron chi connectivity index (χ3n) is 4.92. The van der Waals surface area contributed by atoms with Crippen LogP contribution in [0.2, 0.25) is 0 Å². The number of hydrogen-bond donors (Lipinski definition) is 1. The van der Waals surface area contributed by atoms with Crippen LogP contribution >= 0.6 is 27.7 Å². The highest BCUT2D eigenvalue weighted by molar-refractivity contribution is 9.10. The number of hydrogen-bond acceptors (Lipinski definition) is 4. The van der Waals surface area contributed by atoms with E-state index >= 15 is 0 Å². The lowest BCUT2D eigenvalue weighted by molar-refractivity contribution is -0.122. The molecule has 2 aromatic rings. The molecule has 2 aromatic carbocycles. The van der Waals surface area contributed by atoms with Crippen LogP contribution in [0.25, 0.3) is 6.08 Å². The molecule has 7 heteroatoms. The highest BCUT2D eigenvalue weighted by atomic mass is 79.9. The quantitative estimate of drug-likeness (QED) is 0.561. The molecule has 1 N–H and O–H groups in total. The second kappa shape index (κ2) is 10.8. The maximum atomic E-state index is 13.2. The first-order valence-electron chi connectivity index (χ1n) is 10.1. The van der Waals surface area contributed by atoms with Crippen LogP contribution in [0.3, 0.4) is 0 Å². The Kier molecular flexibility index (Phi) is 8.13. The fourth-order valence-electron chi connectivity index (χ4n) is 3.26. The summed E-state index contributed by atoms with van der Waals surface area (Å²) in [6.45, 7) is 7.48. The van der Waals surface area contributed by atoms with E-state index in [0.717, 1.165) is 40.3 Å². The molecule has 0 saturated carbocycles.